The minimum Gasteiger partial charge on any atom is -0.378 e. The molecule has 0 bridgehead atoms. The lowest BCUT2D eigenvalue weighted by molar-refractivity contribution is -0.122. The smallest absolute Gasteiger partial charge is 0.138 e. The average Bonchev–Trinajstić information content (AvgIpc) is 2.19. The van der Waals surface area contributed by atoms with Gasteiger partial charge in [0, 0.05) is 12.3 Å². The van der Waals surface area contributed by atoms with Gasteiger partial charge in [0.25, 0.3) is 0 Å². The third-order valence-corrected chi connectivity index (χ3v) is 1.99. The summed E-state index contributed by atoms with van der Waals surface area (Å²) in [6, 6.07) is 0. The lowest BCUT2D eigenvalue weighted by atomic mass is 9.99. The molecule has 0 radical (unpaired) electrons. The zero-order valence-electron chi connectivity index (χ0n) is 8.59. The number of ether oxygens (including phenoxy) is 1. The summed E-state index contributed by atoms with van der Waals surface area (Å²) in [5, 5.41) is 0. The summed E-state index contributed by atoms with van der Waals surface area (Å²) in [6.45, 7) is 8.62. The molecule has 2 atom stereocenters. The van der Waals surface area contributed by atoms with Crippen molar-refractivity contribution in [1.29, 1.82) is 0 Å². The van der Waals surface area contributed by atoms with Gasteiger partial charge >= 0.3 is 0 Å². The van der Waals surface area contributed by atoms with Gasteiger partial charge in [-0.25, -0.2) is 0 Å². The Labute approximate surface area is 75.3 Å². The number of ketones is 1. The van der Waals surface area contributed by atoms with Gasteiger partial charge in [-0.2, -0.15) is 0 Å². The molecular weight excluding hydrogens is 152 g/mol. The van der Waals surface area contributed by atoms with Gasteiger partial charge in [0.2, 0.25) is 0 Å². The quantitative estimate of drug-likeness (QED) is 0.561. The van der Waals surface area contributed by atoms with E-state index in [2.05, 4.69) is 0 Å². The van der Waals surface area contributed by atoms with E-state index in [1.54, 1.807) is 0 Å². The van der Waals surface area contributed by atoms with Gasteiger partial charge in [-0.05, 0) is 13.3 Å². The van der Waals surface area contributed by atoms with Crippen LogP contribution in [0.5, 0.6) is 0 Å². The van der Waals surface area contributed by atoms with Gasteiger partial charge in [-0.3, -0.25) is 4.79 Å². The van der Waals surface area contributed by atoms with Crippen LogP contribution >= 0.6 is 0 Å². The predicted octanol–water partition coefficient (Wildman–Crippen LogP) is 2.42. The highest BCUT2D eigenvalue weighted by atomic mass is 16.5. The fourth-order valence-corrected chi connectivity index (χ4v) is 1.30. The molecule has 1 aliphatic heterocycles. The first kappa shape index (κ1) is 11.6. The van der Waals surface area contributed by atoms with Crippen molar-refractivity contribution in [2.75, 3.05) is 6.61 Å². The monoisotopic (exact) mass is 172 g/mol. The highest BCUT2D eigenvalue weighted by Gasteiger charge is 2.20. The number of rotatable bonds is 0. The summed E-state index contributed by atoms with van der Waals surface area (Å²) in [5.41, 5.74) is 0. The van der Waals surface area contributed by atoms with E-state index >= 15 is 0 Å². The first-order valence-corrected chi connectivity index (χ1v) is 4.84. The molecule has 0 saturated carbocycles. The van der Waals surface area contributed by atoms with Crippen LogP contribution in [0.25, 0.3) is 0 Å². The van der Waals surface area contributed by atoms with E-state index in [0.29, 0.717) is 18.8 Å². The van der Waals surface area contributed by atoms with E-state index in [1.807, 2.05) is 27.7 Å². The number of hydrogen-bond donors (Lipinski definition) is 0. The minimum atomic E-state index is 0.206. The molecule has 0 spiro atoms. The van der Waals surface area contributed by atoms with Crippen LogP contribution < -0.4 is 0 Å². The van der Waals surface area contributed by atoms with E-state index in [1.165, 1.54) is 0 Å². The summed E-state index contributed by atoms with van der Waals surface area (Å²) < 4.78 is 5.32. The third kappa shape index (κ3) is 3.86. The average molecular weight is 172 g/mol. The van der Waals surface area contributed by atoms with Crippen molar-refractivity contribution in [3.63, 3.8) is 0 Å². The molecule has 72 valence electrons. The Balaban J connectivity index is 0.000000561. The number of hydrogen-bond acceptors (Lipinski definition) is 2. The standard InChI is InChI=1S/C8H14O2.C2H6/c1-6-5-7(2)10-4-3-8(6)9;1-2/h6-7H,3-5H2,1-2H3;1-2H3. The fourth-order valence-electron chi connectivity index (χ4n) is 1.30. The Kier molecular flexibility index (Phi) is 5.99. The molecule has 2 unspecified atom stereocenters. The predicted molar refractivity (Wildman–Crippen MR) is 50.2 cm³/mol. The minimum absolute atomic E-state index is 0.206. The van der Waals surface area contributed by atoms with Gasteiger partial charge in [0.05, 0.1) is 12.7 Å². The SMILES string of the molecule is CC.CC1CC(C)C(=O)CCO1. The molecular formula is C10H20O2. The topological polar surface area (TPSA) is 26.3 Å². The Morgan fingerprint density at radius 2 is 1.92 bits per heavy atom. The Morgan fingerprint density at radius 3 is 2.50 bits per heavy atom. The van der Waals surface area contributed by atoms with E-state index in [4.69, 9.17) is 4.74 Å². The molecule has 2 nitrogen and oxygen atoms in total. The van der Waals surface area contributed by atoms with Crippen LogP contribution in [0.1, 0.15) is 40.5 Å². The zero-order valence-corrected chi connectivity index (χ0v) is 8.59. The molecule has 1 fully saturated rings. The highest BCUT2D eigenvalue weighted by molar-refractivity contribution is 5.80. The molecule has 1 heterocycles. The first-order valence-electron chi connectivity index (χ1n) is 4.84. The van der Waals surface area contributed by atoms with Crippen LogP contribution in [0.2, 0.25) is 0 Å². The second kappa shape index (κ2) is 6.18. The van der Waals surface area contributed by atoms with E-state index < -0.39 is 0 Å². The first-order chi connectivity index (χ1) is 5.70. The van der Waals surface area contributed by atoms with E-state index in [-0.39, 0.29) is 12.0 Å². The van der Waals surface area contributed by atoms with Gasteiger partial charge in [0.15, 0.2) is 0 Å². The summed E-state index contributed by atoms with van der Waals surface area (Å²) in [6.07, 6.45) is 1.76. The Bertz CT molecular complexity index is 132. The molecule has 0 aromatic heterocycles. The van der Waals surface area contributed by atoms with E-state index in [9.17, 15) is 4.79 Å². The van der Waals surface area contributed by atoms with Crippen LogP contribution in [-0.2, 0) is 9.53 Å². The van der Waals surface area contributed by atoms with Gasteiger partial charge in [-0.1, -0.05) is 20.8 Å². The molecule has 1 saturated heterocycles. The molecule has 0 aliphatic carbocycles. The molecule has 0 aromatic rings. The van der Waals surface area contributed by atoms with Crippen molar-refractivity contribution in [1.82, 2.24) is 0 Å². The van der Waals surface area contributed by atoms with Crippen molar-refractivity contribution < 1.29 is 9.53 Å². The lowest BCUT2D eigenvalue weighted by Gasteiger charge is -2.09. The molecule has 0 amide bonds. The lowest BCUT2D eigenvalue weighted by Crippen LogP contribution is -2.12. The molecule has 2 heteroatoms. The number of carbonyl (C=O) groups excluding carboxylic acids is 1. The van der Waals surface area contributed by atoms with Crippen molar-refractivity contribution in [3.05, 3.63) is 0 Å². The third-order valence-electron chi connectivity index (χ3n) is 1.99. The van der Waals surface area contributed by atoms with Crippen molar-refractivity contribution in [3.8, 4) is 0 Å². The van der Waals surface area contributed by atoms with Crippen LogP contribution in [0.4, 0.5) is 0 Å². The summed E-state index contributed by atoms with van der Waals surface area (Å²) in [7, 11) is 0. The molecule has 0 N–H and O–H groups in total. The van der Waals surface area contributed by atoms with Crippen molar-refractivity contribution in [2.45, 2.75) is 46.6 Å². The van der Waals surface area contributed by atoms with Crippen LogP contribution in [-0.4, -0.2) is 18.5 Å². The highest BCUT2D eigenvalue weighted by Crippen LogP contribution is 2.15. The second-order valence-electron chi connectivity index (χ2n) is 3.03. The largest absolute Gasteiger partial charge is 0.378 e. The van der Waals surface area contributed by atoms with Gasteiger partial charge in [-0.15, -0.1) is 0 Å². The maximum atomic E-state index is 11.1. The van der Waals surface area contributed by atoms with Crippen LogP contribution in [0.3, 0.4) is 0 Å². The molecule has 1 rings (SSSR count). The normalized spacial score (nSPS) is 30.2. The number of Topliss-reactive ketones (excluding diaryl/α,β-unsaturated/α-hetero) is 1. The summed E-state index contributed by atoms with van der Waals surface area (Å²) in [5.74, 6) is 0.557. The summed E-state index contributed by atoms with van der Waals surface area (Å²) in [4.78, 5) is 11.1. The zero-order chi connectivity index (χ0) is 9.56. The summed E-state index contributed by atoms with van der Waals surface area (Å²) >= 11 is 0. The maximum Gasteiger partial charge on any atom is 0.138 e. The van der Waals surface area contributed by atoms with E-state index in [0.717, 1.165) is 6.42 Å². The van der Waals surface area contributed by atoms with Crippen LogP contribution in [0.15, 0.2) is 0 Å². The molecule has 1 aliphatic rings. The van der Waals surface area contributed by atoms with Crippen molar-refractivity contribution >= 4 is 5.78 Å². The van der Waals surface area contributed by atoms with Gasteiger partial charge in [0.1, 0.15) is 5.78 Å². The second-order valence-corrected chi connectivity index (χ2v) is 3.03. The Hall–Kier alpha value is -0.370. The van der Waals surface area contributed by atoms with Crippen molar-refractivity contribution in [2.24, 2.45) is 5.92 Å². The maximum absolute atomic E-state index is 11.1. The molecule has 0 aromatic carbocycles. The fraction of sp³-hybridized carbons (Fsp3) is 0.900. The van der Waals surface area contributed by atoms with Crippen LogP contribution in [0, 0.1) is 5.92 Å². The number of carbonyl (C=O) groups is 1. The van der Waals surface area contributed by atoms with Gasteiger partial charge < -0.3 is 4.74 Å². The Morgan fingerprint density at radius 1 is 1.33 bits per heavy atom. The molecule has 12 heavy (non-hydrogen) atoms.